The van der Waals surface area contributed by atoms with Gasteiger partial charge in [-0.2, -0.15) is 0 Å². The smallest absolute Gasteiger partial charge is 0.202 e. The summed E-state index contributed by atoms with van der Waals surface area (Å²) < 4.78 is 11.6. The summed E-state index contributed by atoms with van der Waals surface area (Å²) in [6.45, 7) is 4.94. The van der Waals surface area contributed by atoms with Crippen molar-refractivity contribution < 1.29 is 24.2 Å². The first-order valence-electron chi connectivity index (χ1n) is 9.64. The fourth-order valence-corrected chi connectivity index (χ4v) is 3.24. The molecule has 1 aliphatic carbocycles. The van der Waals surface area contributed by atoms with Gasteiger partial charge in [-0.15, -0.1) is 0 Å². The van der Waals surface area contributed by atoms with E-state index in [4.69, 9.17) is 15.2 Å². The lowest BCUT2D eigenvalue weighted by Gasteiger charge is -2.24. The number of ketones is 2. The second-order valence-corrected chi connectivity index (χ2v) is 6.80. The number of fused-ring (bicyclic) bond motifs is 2. The van der Waals surface area contributed by atoms with E-state index in [2.05, 4.69) is 0 Å². The number of phenolic OH excluding ortho intramolecular Hbond substituents is 1. The third kappa shape index (κ3) is 3.42. The Morgan fingerprint density at radius 1 is 0.786 bits per heavy atom. The molecule has 0 radical (unpaired) electrons. The standard InChI is InChI=1S/C22H25NO5/c1-3-5-11-27-15-9-10-16(28-12-6-4-2)20-19(15)21(25)17-13(23)7-8-14(24)18(17)22(20)26/h7-10,24H,3-6,11-12,23H2,1-2H3. The summed E-state index contributed by atoms with van der Waals surface area (Å²) in [5.74, 6) is -0.549. The molecule has 0 unspecified atom stereocenters. The van der Waals surface area contributed by atoms with Crippen molar-refractivity contribution in [1.29, 1.82) is 0 Å². The van der Waals surface area contributed by atoms with Crippen molar-refractivity contribution in [3.63, 3.8) is 0 Å². The molecule has 0 aromatic heterocycles. The molecule has 3 N–H and O–H groups in total. The number of nitrogen functional groups attached to an aromatic ring is 1. The number of unbranched alkanes of at least 4 members (excludes halogenated alkanes) is 2. The topological polar surface area (TPSA) is 98.8 Å². The zero-order valence-corrected chi connectivity index (χ0v) is 16.2. The van der Waals surface area contributed by atoms with Crippen LogP contribution in [0.3, 0.4) is 0 Å². The number of rotatable bonds is 8. The molecule has 0 aliphatic heterocycles. The lowest BCUT2D eigenvalue weighted by molar-refractivity contribution is 0.0970. The van der Waals surface area contributed by atoms with Gasteiger partial charge in [0, 0.05) is 5.69 Å². The van der Waals surface area contributed by atoms with Gasteiger partial charge in [-0.05, 0) is 37.1 Å². The van der Waals surface area contributed by atoms with Crippen LogP contribution in [0.2, 0.25) is 0 Å². The highest BCUT2D eigenvalue weighted by molar-refractivity contribution is 6.32. The third-order valence-electron chi connectivity index (χ3n) is 4.76. The van der Waals surface area contributed by atoms with Crippen LogP contribution in [-0.2, 0) is 0 Å². The third-order valence-corrected chi connectivity index (χ3v) is 4.76. The fraction of sp³-hybridized carbons (Fsp3) is 0.364. The molecule has 3 rings (SSSR count). The Bertz CT molecular complexity index is 846. The highest BCUT2D eigenvalue weighted by Crippen LogP contribution is 2.42. The van der Waals surface area contributed by atoms with Gasteiger partial charge in [0.15, 0.2) is 0 Å². The molecule has 0 fully saturated rings. The maximum atomic E-state index is 13.3. The highest BCUT2D eigenvalue weighted by Gasteiger charge is 2.38. The molecule has 0 bridgehead atoms. The molecule has 6 nitrogen and oxygen atoms in total. The SMILES string of the molecule is CCCCOc1ccc(OCCCC)c2c1C(=O)c1c(N)ccc(O)c1C2=O. The number of hydrogen-bond donors (Lipinski definition) is 2. The fourth-order valence-electron chi connectivity index (χ4n) is 3.24. The van der Waals surface area contributed by atoms with Gasteiger partial charge in [-0.1, -0.05) is 26.7 Å². The molecule has 0 spiro atoms. The van der Waals surface area contributed by atoms with Gasteiger partial charge in [-0.25, -0.2) is 0 Å². The Morgan fingerprint density at radius 2 is 1.29 bits per heavy atom. The number of ether oxygens (including phenoxy) is 2. The molecule has 0 saturated heterocycles. The van der Waals surface area contributed by atoms with Crippen LogP contribution in [0.4, 0.5) is 5.69 Å². The van der Waals surface area contributed by atoms with E-state index in [1.54, 1.807) is 12.1 Å². The molecule has 6 heteroatoms. The van der Waals surface area contributed by atoms with E-state index in [0.29, 0.717) is 24.7 Å². The minimum absolute atomic E-state index is 0.0172. The molecule has 148 valence electrons. The van der Waals surface area contributed by atoms with Crippen LogP contribution in [0.1, 0.15) is 71.4 Å². The number of phenols is 1. The van der Waals surface area contributed by atoms with Crippen LogP contribution in [0.15, 0.2) is 24.3 Å². The molecular formula is C22H25NO5. The van der Waals surface area contributed by atoms with Crippen LogP contribution in [0.5, 0.6) is 17.2 Å². The van der Waals surface area contributed by atoms with Crippen molar-refractivity contribution in [3.8, 4) is 17.2 Å². The van der Waals surface area contributed by atoms with E-state index < -0.39 is 11.6 Å². The van der Waals surface area contributed by atoms with Gasteiger partial charge < -0.3 is 20.3 Å². The first-order valence-corrected chi connectivity index (χ1v) is 9.64. The summed E-state index contributed by atoms with van der Waals surface area (Å²) in [6, 6.07) is 6.05. The number of aromatic hydroxyl groups is 1. The second kappa shape index (κ2) is 8.33. The average molecular weight is 383 g/mol. The number of carbonyl (C=O) groups excluding carboxylic acids is 2. The van der Waals surface area contributed by atoms with Gasteiger partial charge in [0.1, 0.15) is 17.2 Å². The van der Waals surface area contributed by atoms with Crippen LogP contribution in [-0.4, -0.2) is 29.9 Å². The molecule has 0 atom stereocenters. The highest BCUT2D eigenvalue weighted by atomic mass is 16.5. The largest absolute Gasteiger partial charge is 0.507 e. The lowest BCUT2D eigenvalue weighted by atomic mass is 9.81. The van der Waals surface area contributed by atoms with E-state index in [-0.39, 0.29) is 33.7 Å². The van der Waals surface area contributed by atoms with Gasteiger partial charge in [0.25, 0.3) is 0 Å². The van der Waals surface area contributed by atoms with Crippen molar-refractivity contribution >= 4 is 17.3 Å². The van der Waals surface area contributed by atoms with Gasteiger partial charge in [-0.3, -0.25) is 9.59 Å². The predicted octanol–water partition coefficient (Wildman–Crippen LogP) is 4.11. The Morgan fingerprint density at radius 3 is 1.79 bits per heavy atom. The van der Waals surface area contributed by atoms with E-state index in [0.717, 1.165) is 25.7 Å². The van der Waals surface area contributed by atoms with E-state index in [1.165, 1.54) is 12.1 Å². The van der Waals surface area contributed by atoms with Crippen LogP contribution in [0, 0.1) is 0 Å². The molecule has 0 saturated carbocycles. The monoisotopic (exact) mass is 383 g/mol. The number of carbonyl (C=O) groups is 2. The normalized spacial score (nSPS) is 12.5. The first kappa shape index (κ1) is 19.7. The number of nitrogens with two attached hydrogens (primary N) is 1. The molecule has 28 heavy (non-hydrogen) atoms. The van der Waals surface area contributed by atoms with Crippen molar-refractivity contribution in [2.45, 2.75) is 39.5 Å². The lowest BCUT2D eigenvalue weighted by Crippen LogP contribution is -2.24. The Kier molecular flexibility index (Phi) is 5.87. The summed E-state index contributed by atoms with van der Waals surface area (Å²) in [6.07, 6.45) is 3.52. The van der Waals surface area contributed by atoms with E-state index >= 15 is 0 Å². The first-order chi connectivity index (χ1) is 13.5. The zero-order chi connectivity index (χ0) is 20.3. The summed E-state index contributed by atoms with van der Waals surface area (Å²) in [4.78, 5) is 26.5. The van der Waals surface area contributed by atoms with E-state index in [9.17, 15) is 14.7 Å². The number of benzene rings is 2. The van der Waals surface area contributed by atoms with Crippen molar-refractivity contribution in [2.75, 3.05) is 18.9 Å². The van der Waals surface area contributed by atoms with Crippen LogP contribution in [0.25, 0.3) is 0 Å². The quantitative estimate of drug-likeness (QED) is 0.345. The molecule has 0 heterocycles. The zero-order valence-electron chi connectivity index (χ0n) is 16.2. The van der Waals surface area contributed by atoms with Crippen LogP contribution < -0.4 is 15.2 Å². The molecule has 0 amide bonds. The van der Waals surface area contributed by atoms with Gasteiger partial charge in [0.2, 0.25) is 11.6 Å². The summed E-state index contributed by atoms with van der Waals surface area (Å²) in [5, 5.41) is 10.2. The minimum Gasteiger partial charge on any atom is -0.507 e. The molecule has 1 aliphatic rings. The van der Waals surface area contributed by atoms with Crippen molar-refractivity contribution in [1.82, 2.24) is 0 Å². The minimum atomic E-state index is -0.484. The molecule has 2 aromatic rings. The second-order valence-electron chi connectivity index (χ2n) is 6.80. The molecular weight excluding hydrogens is 358 g/mol. The molecule has 2 aromatic carbocycles. The maximum Gasteiger partial charge on any atom is 0.202 e. The van der Waals surface area contributed by atoms with Crippen molar-refractivity contribution in [3.05, 3.63) is 46.5 Å². The predicted molar refractivity (Wildman–Crippen MR) is 107 cm³/mol. The number of anilines is 1. The van der Waals surface area contributed by atoms with Crippen LogP contribution >= 0.6 is 0 Å². The Labute approximate surface area is 164 Å². The summed E-state index contributed by atoms with van der Waals surface area (Å²) >= 11 is 0. The average Bonchev–Trinajstić information content (AvgIpc) is 2.68. The summed E-state index contributed by atoms with van der Waals surface area (Å²) in [5.41, 5.74) is 6.34. The van der Waals surface area contributed by atoms with E-state index in [1.807, 2.05) is 13.8 Å². The number of hydrogen-bond acceptors (Lipinski definition) is 6. The Balaban J connectivity index is 2.16. The Hall–Kier alpha value is -3.02. The van der Waals surface area contributed by atoms with Gasteiger partial charge >= 0.3 is 0 Å². The van der Waals surface area contributed by atoms with Gasteiger partial charge in [0.05, 0.1) is 35.5 Å². The van der Waals surface area contributed by atoms with Crippen molar-refractivity contribution in [2.24, 2.45) is 0 Å². The maximum absolute atomic E-state index is 13.3. The summed E-state index contributed by atoms with van der Waals surface area (Å²) in [7, 11) is 0.